The molecule has 0 saturated heterocycles. The summed E-state index contributed by atoms with van der Waals surface area (Å²) in [6, 6.07) is 15.1. The van der Waals surface area contributed by atoms with Crippen molar-refractivity contribution in [1.29, 1.82) is 5.26 Å². The molecule has 0 aliphatic heterocycles. The van der Waals surface area contributed by atoms with E-state index in [4.69, 9.17) is 44.3 Å². The van der Waals surface area contributed by atoms with E-state index in [0.29, 0.717) is 35.3 Å². The molecule has 128 valence electrons. The average molecular weight is 373 g/mol. The van der Waals surface area contributed by atoms with Crippen LogP contribution < -0.4 is 15.2 Å². The number of nitrogens with two attached hydrogens (primary N) is 1. The standard InChI is InChI=1S/C19H17ClN2O2S/c1-2-23-17-10-14(8-15(11-21)19(22)25)9-16(20)18(17)24-12-13-6-4-3-5-7-13/h3-10H,2,12H2,1H3,(H2,22,25)/b15-8-. The highest BCUT2D eigenvalue weighted by Gasteiger charge is 2.13. The number of hydrogen-bond acceptors (Lipinski definition) is 4. The molecule has 0 aromatic heterocycles. The molecule has 0 saturated carbocycles. The Morgan fingerprint density at radius 1 is 1.28 bits per heavy atom. The van der Waals surface area contributed by atoms with Gasteiger partial charge in [0.1, 0.15) is 17.7 Å². The number of hydrogen-bond donors (Lipinski definition) is 1. The van der Waals surface area contributed by atoms with Gasteiger partial charge in [-0.25, -0.2) is 0 Å². The number of thiocarbonyl (C=S) groups is 1. The van der Waals surface area contributed by atoms with Crippen LogP contribution in [0.5, 0.6) is 11.5 Å². The van der Waals surface area contributed by atoms with Crippen LogP contribution in [0.3, 0.4) is 0 Å². The van der Waals surface area contributed by atoms with Gasteiger partial charge in [-0.3, -0.25) is 0 Å². The first-order valence-corrected chi connectivity index (χ1v) is 8.38. The molecule has 0 fully saturated rings. The minimum absolute atomic E-state index is 0.0287. The molecule has 4 nitrogen and oxygen atoms in total. The van der Waals surface area contributed by atoms with E-state index in [1.807, 2.05) is 43.3 Å². The Morgan fingerprint density at radius 2 is 2.00 bits per heavy atom. The maximum atomic E-state index is 9.09. The Hall–Kier alpha value is -2.55. The minimum Gasteiger partial charge on any atom is -0.490 e. The second-order valence-electron chi connectivity index (χ2n) is 5.07. The van der Waals surface area contributed by atoms with E-state index in [1.165, 1.54) is 0 Å². The molecule has 0 aliphatic rings. The Kier molecular flexibility index (Phi) is 6.81. The minimum atomic E-state index is 0.0287. The van der Waals surface area contributed by atoms with Gasteiger partial charge in [-0.05, 0) is 36.3 Å². The van der Waals surface area contributed by atoms with Gasteiger partial charge < -0.3 is 15.2 Å². The van der Waals surface area contributed by atoms with Crippen molar-refractivity contribution in [1.82, 2.24) is 0 Å². The molecule has 6 heteroatoms. The summed E-state index contributed by atoms with van der Waals surface area (Å²) >= 11 is 11.2. The summed E-state index contributed by atoms with van der Waals surface area (Å²) in [5, 5.41) is 9.47. The molecule has 2 aromatic carbocycles. The third kappa shape index (κ3) is 5.21. The quantitative estimate of drug-likeness (QED) is 0.440. The predicted octanol–water partition coefficient (Wildman–Crippen LogP) is 4.51. The summed E-state index contributed by atoms with van der Waals surface area (Å²) in [5.41, 5.74) is 7.40. The number of rotatable bonds is 7. The van der Waals surface area contributed by atoms with Gasteiger partial charge in [-0.2, -0.15) is 5.26 Å². The van der Waals surface area contributed by atoms with Crippen molar-refractivity contribution < 1.29 is 9.47 Å². The molecule has 2 rings (SSSR count). The average Bonchev–Trinajstić information content (AvgIpc) is 2.60. The number of benzene rings is 2. The molecule has 25 heavy (non-hydrogen) atoms. The normalized spacial score (nSPS) is 10.8. The molecule has 0 atom stereocenters. The third-order valence-corrected chi connectivity index (χ3v) is 3.76. The second kappa shape index (κ2) is 9.07. The predicted molar refractivity (Wildman–Crippen MR) is 104 cm³/mol. The zero-order chi connectivity index (χ0) is 18.2. The largest absolute Gasteiger partial charge is 0.490 e. The molecule has 0 amide bonds. The highest BCUT2D eigenvalue weighted by atomic mass is 35.5. The summed E-state index contributed by atoms with van der Waals surface area (Å²) < 4.78 is 11.5. The van der Waals surface area contributed by atoms with Crippen molar-refractivity contribution in [2.75, 3.05) is 6.61 Å². The molecule has 0 aliphatic carbocycles. The Labute approximate surface area is 157 Å². The molecule has 0 unspecified atom stereocenters. The van der Waals surface area contributed by atoms with Crippen LogP contribution in [0.15, 0.2) is 48.0 Å². The molecule has 2 N–H and O–H groups in total. The van der Waals surface area contributed by atoms with E-state index in [1.54, 1.807) is 18.2 Å². The topological polar surface area (TPSA) is 68.3 Å². The zero-order valence-corrected chi connectivity index (χ0v) is 15.2. The number of nitrogens with zero attached hydrogens (tertiary/aromatic N) is 1. The lowest BCUT2D eigenvalue weighted by molar-refractivity contribution is 0.269. The number of ether oxygens (including phenoxy) is 2. The summed E-state index contributed by atoms with van der Waals surface area (Å²) in [4.78, 5) is 0.0287. The van der Waals surface area contributed by atoms with Crippen molar-refractivity contribution >= 4 is 34.9 Å². The first kappa shape index (κ1) is 18.8. The smallest absolute Gasteiger partial charge is 0.180 e. The van der Waals surface area contributed by atoms with Crippen LogP contribution in [0.2, 0.25) is 5.02 Å². The fourth-order valence-corrected chi connectivity index (χ4v) is 2.51. The van der Waals surface area contributed by atoms with Crippen molar-refractivity contribution in [3.05, 3.63) is 64.2 Å². The van der Waals surface area contributed by atoms with Gasteiger partial charge in [-0.15, -0.1) is 0 Å². The maximum Gasteiger partial charge on any atom is 0.180 e. The molecule has 0 heterocycles. The third-order valence-electron chi connectivity index (χ3n) is 3.25. The second-order valence-corrected chi connectivity index (χ2v) is 5.92. The van der Waals surface area contributed by atoms with Crippen LogP contribution in [0, 0.1) is 11.3 Å². The van der Waals surface area contributed by atoms with Crippen LogP contribution in [-0.2, 0) is 6.61 Å². The van der Waals surface area contributed by atoms with E-state index in [9.17, 15) is 0 Å². The van der Waals surface area contributed by atoms with Crippen LogP contribution in [-0.4, -0.2) is 11.6 Å². The maximum absolute atomic E-state index is 9.09. The van der Waals surface area contributed by atoms with Crippen LogP contribution in [0.4, 0.5) is 0 Å². The summed E-state index contributed by atoms with van der Waals surface area (Å²) in [5.74, 6) is 0.954. The first-order chi connectivity index (χ1) is 12.0. The summed E-state index contributed by atoms with van der Waals surface area (Å²) in [6.07, 6.45) is 1.57. The Morgan fingerprint density at radius 3 is 2.60 bits per heavy atom. The molecule has 0 radical (unpaired) electrons. The van der Waals surface area contributed by atoms with Gasteiger partial charge in [-0.1, -0.05) is 54.2 Å². The highest BCUT2D eigenvalue weighted by molar-refractivity contribution is 7.80. The van der Waals surface area contributed by atoms with Gasteiger partial charge in [0.25, 0.3) is 0 Å². The van der Waals surface area contributed by atoms with Crippen molar-refractivity contribution in [3.63, 3.8) is 0 Å². The molecular weight excluding hydrogens is 356 g/mol. The monoisotopic (exact) mass is 372 g/mol. The zero-order valence-electron chi connectivity index (χ0n) is 13.7. The molecule has 0 spiro atoms. The van der Waals surface area contributed by atoms with Crippen LogP contribution in [0.1, 0.15) is 18.1 Å². The lowest BCUT2D eigenvalue weighted by Crippen LogP contribution is -2.09. The van der Waals surface area contributed by atoms with E-state index >= 15 is 0 Å². The Balaban J connectivity index is 2.34. The van der Waals surface area contributed by atoms with Gasteiger partial charge in [0.2, 0.25) is 0 Å². The van der Waals surface area contributed by atoms with Crippen molar-refractivity contribution in [3.8, 4) is 17.6 Å². The van der Waals surface area contributed by atoms with Gasteiger partial charge in [0.05, 0.1) is 17.2 Å². The summed E-state index contributed by atoms with van der Waals surface area (Å²) in [6.45, 7) is 2.69. The molecular formula is C19H17ClN2O2S. The number of nitriles is 1. The van der Waals surface area contributed by atoms with E-state index < -0.39 is 0 Å². The lowest BCUT2D eigenvalue weighted by atomic mass is 10.1. The van der Waals surface area contributed by atoms with E-state index in [-0.39, 0.29) is 10.6 Å². The van der Waals surface area contributed by atoms with Gasteiger partial charge in [0, 0.05) is 0 Å². The lowest BCUT2D eigenvalue weighted by Gasteiger charge is -2.14. The molecule has 2 aromatic rings. The fourth-order valence-electron chi connectivity index (χ4n) is 2.13. The van der Waals surface area contributed by atoms with E-state index in [0.717, 1.165) is 5.56 Å². The van der Waals surface area contributed by atoms with Crippen LogP contribution >= 0.6 is 23.8 Å². The van der Waals surface area contributed by atoms with E-state index in [2.05, 4.69) is 0 Å². The number of halogens is 1. The Bertz CT molecular complexity index is 829. The highest BCUT2D eigenvalue weighted by Crippen LogP contribution is 2.37. The van der Waals surface area contributed by atoms with Crippen molar-refractivity contribution in [2.24, 2.45) is 5.73 Å². The SMILES string of the molecule is CCOc1cc(/C=C(/C#N)C(N)=S)cc(Cl)c1OCc1ccccc1. The van der Waals surface area contributed by atoms with Crippen LogP contribution in [0.25, 0.3) is 6.08 Å². The van der Waals surface area contributed by atoms with Gasteiger partial charge >= 0.3 is 0 Å². The fraction of sp³-hybridized carbons (Fsp3) is 0.158. The first-order valence-electron chi connectivity index (χ1n) is 7.59. The van der Waals surface area contributed by atoms with Crippen molar-refractivity contribution in [2.45, 2.75) is 13.5 Å². The van der Waals surface area contributed by atoms with Gasteiger partial charge in [0.15, 0.2) is 11.5 Å². The summed E-state index contributed by atoms with van der Waals surface area (Å²) in [7, 11) is 0. The molecule has 0 bridgehead atoms.